The zero-order valence-electron chi connectivity index (χ0n) is 9.41. The third-order valence-electron chi connectivity index (χ3n) is 3.21. The van der Waals surface area contributed by atoms with E-state index in [9.17, 15) is 4.79 Å². The Morgan fingerprint density at radius 1 is 1.44 bits per heavy atom. The van der Waals surface area contributed by atoms with E-state index in [0.717, 1.165) is 18.9 Å². The molecule has 1 aliphatic rings. The first-order valence-electron chi connectivity index (χ1n) is 6.00. The first kappa shape index (κ1) is 11.1. The molecule has 1 saturated carbocycles. The van der Waals surface area contributed by atoms with Gasteiger partial charge in [0.05, 0.1) is 6.20 Å². The number of hydrogen-bond acceptors (Lipinski definition) is 3. The van der Waals surface area contributed by atoms with Gasteiger partial charge in [-0.15, -0.1) is 0 Å². The summed E-state index contributed by atoms with van der Waals surface area (Å²) >= 11 is 0. The highest BCUT2D eigenvalue weighted by molar-refractivity contribution is 5.91. The van der Waals surface area contributed by atoms with E-state index in [4.69, 9.17) is 0 Å². The number of carbonyl (C=O) groups excluding carboxylic acids is 1. The number of aromatic amines is 1. The van der Waals surface area contributed by atoms with Gasteiger partial charge in [0.2, 0.25) is 0 Å². The quantitative estimate of drug-likeness (QED) is 0.811. The Balaban J connectivity index is 1.66. The van der Waals surface area contributed by atoms with Crippen LogP contribution in [-0.2, 0) is 0 Å². The highest BCUT2D eigenvalue weighted by atomic mass is 16.1. The van der Waals surface area contributed by atoms with Gasteiger partial charge in [-0.05, 0) is 12.3 Å². The lowest BCUT2D eigenvalue weighted by molar-refractivity contribution is 0.0945. The lowest BCUT2D eigenvalue weighted by Crippen LogP contribution is -2.26. The van der Waals surface area contributed by atoms with Gasteiger partial charge in [0.1, 0.15) is 0 Å². The Labute approximate surface area is 95.0 Å². The first-order valence-corrected chi connectivity index (χ1v) is 6.00. The Morgan fingerprint density at radius 3 is 2.94 bits per heavy atom. The van der Waals surface area contributed by atoms with Crippen LogP contribution >= 0.6 is 0 Å². The van der Waals surface area contributed by atoms with Crippen LogP contribution in [0.5, 0.6) is 0 Å². The zero-order valence-corrected chi connectivity index (χ0v) is 9.41. The van der Waals surface area contributed by atoms with Crippen LogP contribution in [0.3, 0.4) is 0 Å². The molecule has 0 unspecified atom stereocenters. The predicted octanol–water partition coefficient (Wildman–Crippen LogP) is 1.50. The lowest BCUT2D eigenvalue weighted by atomic mass is 9.87. The van der Waals surface area contributed by atoms with Crippen LogP contribution in [0.2, 0.25) is 0 Å². The average molecular weight is 222 g/mol. The molecule has 0 aliphatic heterocycles. The Bertz CT molecular complexity index is 317. The molecule has 1 heterocycles. The minimum absolute atomic E-state index is 0.135. The summed E-state index contributed by atoms with van der Waals surface area (Å²) in [5, 5.41) is 12.6. The number of amides is 1. The van der Waals surface area contributed by atoms with E-state index >= 15 is 0 Å². The van der Waals surface area contributed by atoms with Crippen molar-refractivity contribution in [3.05, 3.63) is 11.9 Å². The van der Waals surface area contributed by atoms with Gasteiger partial charge in [0.25, 0.3) is 5.91 Å². The molecule has 1 amide bonds. The van der Waals surface area contributed by atoms with Crippen molar-refractivity contribution in [2.24, 2.45) is 5.92 Å². The number of hydrogen-bond donors (Lipinski definition) is 2. The molecule has 5 heteroatoms. The lowest BCUT2D eigenvalue weighted by Gasteiger charge is -2.21. The second-order valence-corrected chi connectivity index (χ2v) is 4.40. The van der Waals surface area contributed by atoms with Crippen LogP contribution in [0.4, 0.5) is 0 Å². The van der Waals surface area contributed by atoms with Crippen molar-refractivity contribution in [2.45, 2.75) is 38.5 Å². The average Bonchev–Trinajstić information content (AvgIpc) is 2.84. The normalized spacial score (nSPS) is 17.2. The maximum absolute atomic E-state index is 11.5. The molecule has 16 heavy (non-hydrogen) atoms. The fourth-order valence-electron chi connectivity index (χ4n) is 2.27. The summed E-state index contributed by atoms with van der Waals surface area (Å²) in [5.74, 6) is 0.663. The van der Waals surface area contributed by atoms with Gasteiger partial charge in [-0.1, -0.05) is 32.1 Å². The van der Waals surface area contributed by atoms with E-state index in [1.54, 1.807) is 0 Å². The number of carbonyl (C=O) groups is 1. The molecule has 1 aliphatic carbocycles. The maximum Gasteiger partial charge on any atom is 0.273 e. The van der Waals surface area contributed by atoms with E-state index in [0.29, 0.717) is 5.69 Å². The van der Waals surface area contributed by atoms with Gasteiger partial charge in [-0.3, -0.25) is 4.79 Å². The summed E-state index contributed by atoms with van der Waals surface area (Å²) in [6.45, 7) is 0.746. The van der Waals surface area contributed by atoms with E-state index in [-0.39, 0.29) is 5.91 Å². The maximum atomic E-state index is 11.5. The standard InChI is InChI=1S/C11H18N4O/c16-11(10-8-13-15-14-10)12-7-6-9-4-2-1-3-5-9/h8-9H,1-7H2,(H,12,16)(H,13,14,15). The summed E-state index contributed by atoms with van der Waals surface area (Å²) in [6, 6.07) is 0. The third kappa shape index (κ3) is 3.05. The molecule has 2 N–H and O–H groups in total. The highest BCUT2D eigenvalue weighted by Crippen LogP contribution is 2.25. The van der Waals surface area contributed by atoms with Crippen molar-refractivity contribution in [3.63, 3.8) is 0 Å². The van der Waals surface area contributed by atoms with Gasteiger partial charge in [0.15, 0.2) is 5.69 Å². The molecule has 1 fully saturated rings. The number of nitrogens with zero attached hydrogens (tertiary/aromatic N) is 2. The Hall–Kier alpha value is -1.39. The van der Waals surface area contributed by atoms with Gasteiger partial charge < -0.3 is 5.32 Å². The molecule has 88 valence electrons. The molecular formula is C11H18N4O. The van der Waals surface area contributed by atoms with Crippen LogP contribution in [0.15, 0.2) is 6.20 Å². The summed E-state index contributed by atoms with van der Waals surface area (Å²) in [5.41, 5.74) is 0.364. The van der Waals surface area contributed by atoms with Crippen LogP contribution in [0, 0.1) is 5.92 Å². The third-order valence-corrected chi connectivity index (χ3v) is 3.21. The van der Waals surface area contributed by atoms with Crippen molar-refractivity contribution in [1.82, 2.24) is 20.7 Å². The monoisotopic (exact) mass is 222 g/mol. The van der Waals surface area contributed by atoms with E-state index in [1.807, 2.05) is 0 Å². The van der Waals surface area contributed by atoms with E-state index < -0.39 is 0 Å². The van der Waals surface area contributed by atoms with Crippen molar-refractivity contribution < 1.29 is 4.79 Å². The van der Waals surface area contributed by atoms with Crippen molar-refractivity contribution in [3.8, 4) is 0 Å². The second-order valence-electron chi connectivity index (χ2n) is 4.40. The molecule has 1 aromatic rings. The molecule has 0 bridgehead atoms. The Kier molecular flexibility index (Phi) is 3.91. The van der Waals surface area contributed by atoms with Crippen molar-refractivity contribution >= 4 is 5.91 Å². The smallest absolute Gasteiger partial charge is 0.273 e. The van der Waals surface area contributed by atoms with Crippen molar-refractivity contribution in [2.75, 3.05) is 6.54 Å². The molecule has 0 atom stereocenters. The SMILES string of the molecule is O=C(NCCC1CCCCC1)c1cn[nH]n1. The van der Waals surface area contributed by atoms with Crippen LogP contribution < -0.4 is 5.32 Å². The summed E-state index contributed by atoms with van der Waals surface area (Å²) in [6.07, 6.45) is 9.24. The molecule has 2 rings (SSSR count). The van der Waals surface area contributed by atoms with Gasteiger partial charge >= 0.3 is 0 Å². The number of H-pyrrole nitrogens is 1. The number of nitrogens with one attached hydrogen (secondary N) is 2. The molecule has 0 radical (unpaired) electrons. The molecule has 0 aromatic carbocycles. The molecule has 5 nitrogen and oxygen atoms in total. The second kappa shape index (κ2) is 5.63. The summed E-state index contributed by atoms with van der Waals surface area (Å²) < 4.78 is 0. The fraction of sp³-hybridized carbons (Fsp3) is 0.727. The topological polar surface area (TPSA) is 70.7 Å². The van der Waals surface area contributed by atoms with Crippen LogP contribution in [0.25, 0.3) is 0 Å². The largest absolute Gasteiger partial charge is 0.351 e. The minimum atomic E-state index is -0.135. The van der Waals surface area contributed by atoms with Crippen LogP contribution in [-0.4, -0.2) is 27.9 Å². The zero-order chi connectivity index (χ0) is 11.2. The fourth-order valence-corrected chi connectivity index (χ4v) is 2.27. The molecular weight excluding hydrogens is 204 g/mol. The summed E-state index contributed by atoms with van der Waals surface area (Å²) in [7, 11) is 0. The molecule has 0 saturated heterocycles. The first-order chi connectivity index (χ1) is 7.86. The highest BCUT2D eigenvalue weighted by Gasteiger charge is 2.14. The number of aromatic nitrogens is 3. The van der Waals surface area contributed by atoms with Gasteiger partial charge in [0, 0.05) is 6.54 Å². The van der Waals surface area contributed by atoms with E-state index in [2.05, 4.69) is 20.7 Å². The predicted molar refractivity (Wildman–Crippen MR) is 59.9 cm³/mol. The minimum Gasteiger partial charge on any atom is -0.351 e. The summed E-state index contributed by atoms with van der Waals surface area (Å²) in [4.78, 5) is 11.5. The molecule has 0 spiro atoms. The van der Waals surface area contributed by atoms with Crippen molar-refractivity contribution in [1.29, 1.82) is 0 Å². The molecule has 1 aromatic heterocycles. The van der Waals surface area contributed by atoms with Gasteiger partial charge in [-0.2, -0.15) is 15.4 Å². The number of rotatable bonds is 4. The Morgan fingerprint density at radius 2 is 2.25 bits per heavy atom. The van der Waals surface area contributed by atoms with Gasteiger partial charge in [-0.25, -0.2) is 0 Å². The van der Waals surface area contributed by atoms with Crippen LogP contribution in [0.1, 0.15) is 49.0 Å². The van der Waals surface area contributed by atoms with E-state index in [1.165, 1.54) is 38.3 Å².